The van der Waals surface area contributed by atoms with Crippen molar-refractivity contribution < 1.29 is 9.84 Å². The highest BCUT2D eigenvalue weighted by atomic mass is 16.5. The van der Waals surface area contributed by atoms with E-state index in [1.165, 1.54) is 4.57 Å². The second-order valence-corrected chi connectivity index (χ2v) is 7.63. The summed E-state index contributed by atoms with van der Waals surface area (Å²) in [6.45, 7) is 0.640. The summed E-state index contributed by atoms with van der Waals surface area (Å²) >= 11 is 0. The molecule has 1 atom stereocenters. The Morgan fingerprint density at radius 1 is 1.09 bits per heavy atom. The fraction of sp³-hybridized carbons (Fsp3) is 0.261. The van der Waals surface area contributed by atoms with E-state index in [2.05, 4.69) is 9.97 Å². The highest BCUT2D eigenvalue weighted by Gasteiger charge is 2.22. The van der Waals surface area contributed by atoms with Crippen LogP contribution in [0.2, 0.25) is 0 Å². The van der Waals surface area contributed by atoms with Crippen molar-refractivity contribution in [2.45, 2.75) is 19.2 Å². The molecule has 0 aliphatic heterocycles. The minimum absolute atomic E-state index is 0.0369. The van der Waals surface area contributed by atoms with E-state index in [1.807, 2.05) is 60.5 Å². The highest BCUT2D eigenvalue weighted by Crippen LogP contribution is 2.21. The Morgan fingerprint density at radius 3 is 2.44 bits per heavy atom. The third-order valence-corrected chi connectivity index (χ3v) is 5.17. The molecule has 166 valence electrons. The number of hydrogen-bond donors (Lipinski definition) is 2. The Balaban J connectivity index is 1.68. The normalized spacial score (nSPS) is 12.1. The summed E-state index contributed by atoms with van der Waals surface area (Å²) in [6.07, 6.45) is -0.909. The van der Waals surface area contributed by atoms with Gasteiger partial charge in [-0.05, 0) is 17.7 Å². The van der Waals surface area contributed by atoms with Crippen LogP contribution >= 0.6 is 0 Å². The number of aromatic nitrogens is 4. The summed E-state index contributed by atoms with van der Waals surface area (Å²) in [6, 6.07) is 19.0. The summed E-state index contributed by atoms with van der Waals surface area (Å²) in [5, 5.41) is 10.7. The van der Waals surface area contributed by atoms with E-state index in [1.54, 1.807) is 23.7 Å². The minimum Gasteiger partial charge on any atom is -0.491 e. The lowest BCUT2D eigenvalue weighted by Gasteiger charge is -2.21. The monoisotopic (exact) mass is 435 g/mol. The number of aryl methyl sites for hydroxylation is 1. The van der Waals surface area contributed by atoms with Gasteiger partial charge in [0.1, 0.15) is 18.5 Å². The molecule has 2 N–H and O–H groups in total. The average Bonchev–Trinajstić information content (AvgIpc) is 3.17. The molecule has 9 nitrogen and oxygen atoms in total. The van der Waals surface area contributed by atoms with E-state index in [9.17, 15) is 14.7 Å². The van der Waals surface area contributed by atoms with Crippen LogP contribution in [0.15, 0.2) is 70.3 Å². The van der Waals surface area contributed by atoms with Crippen molar-refractivity contribution >= 4 is 17.1 Å². The Hall–Kier alpha value is -3.85. The molecule has 0 bridgehead atoms. The van der Waals surface area contributed by atoms with E-state index in [0.717, 1.165) is 5.56 Å². The fourth-order valence-electron chi connectivity index (χ4n) is 3.59. The van der Waals surface area contributed by atoms with Gasteiger partial charge in [0.05, 0.1) is 6.54 Å². The third kappa shape index (κ3) is 4.42. The predicted molar refractivity (Wildman–Crippen MR) is 122 cm³/mol. The van der Waals surface area contributed by atoms with Crippen molar-refractivity contribution in [1.82, 2.24) is 19.1 Å². The Bertz CT molecular complexity index is 1310. The van der Waals surface area contributed by atoms with Gasteiger partial charge in [0.2, 0.25) is 5.95 Å². The number of imidazole rings is 1. The van der Waals surface area contributed by atoms with Crippen LogP contribution in [-0.4, -0.2) is 44.0 Å². The van der Waals surface area contributed by atoms with Crippen molar-refractivity contribution in [2.75, 3.05) is 18.6 Å². The van der Waals surface area contributed by atoms with Gasteiger partial charge >= 0.3 is 5.69 Å². The fourth-order valence-corrected chi connectivity index (χ4v) is 3.59. The number of anilines is 1. The van der Waals surface area contributed by atoms with Crippen LogP contribution in [0, 0.1) is 0 Å². The first-order valence-corrected chi connectivity index (χ1v) is 10.2. The number of H-pyrrole nitrogens is 1. The number of rotatable bonds is 8. The lowest BCUT2D eigenvalue weighted by molar-refractivity contribution is 0.0936. The van der Waals surface area contributed by atoms with E-state index in [-0.39, 0.29) is 24.3 Å². The summed E-state index contributed by atoms with van der Waals surface area (Å²) in [4.78, 5) is 33.5. The molecule has 0 amide bonds. The molecule has 0 radical (unpaired) electrons. The van der Waals surface area contributed by atoms with Gasteiger partial charge < -0.3 is 19.3 Å². The van der Waals surface area contributed by atoms with Gasteiger partial charge in [-0.1, -0.05) is 48.5 Å². The van der Waals surface area contributed by atoms with Gasteiger partial charge in [0.15, 0.2) is 11.2 Å². The summed E-state index contributed by atoms with van der Waals surface area (Å²) < 4.78 is 8.59. The molecule has 0 aliphatic carbocycles. The largest absolute Gasteiger partial charge is 0.491 e. The van der Waals surface area contributed by atoms with Crippen LogP contribution in [0.1, 0.15) is 5.56 Å². The second kappa shape index (κ2) is 9.11. The number of fused-ring (bicyclic) bond motifs is 1. The second-order valence-electron chi connectivity index (χ2n) is 7.63. The van der Waals surface area contributed by atoms with E-state index >= 15 is 0 Å². The lowest BCUT2D eigenvalue weighted by Crippen LogP contribution is -2.31. The zero-order valence-corrected chi connectivity index (χ0v) is 17.9. The Morgan fingerprint density at radius 2 is 1.75 bits per heavy atom. The van der Waals surface area contributed by atoms with Gasteiger partial charge in [0.25, 0.3) is 5.56 Å². The standard InChI is InChI=1S/C23H25N5O4/c1-26(13-16-9-5-3-6-10-16)22-24-20-19(21(30)25-23(31)27(20)2)28(22)14-17(29)15-32-18-11-7-4-8-12-18/h3-12,17,29H,13-15H2,1-2H3,(H,25,30,31)/t17-/m0/s1. The number of ether oxygens (including phenoxy) is 1. The van der Waals surface area contributed by atoms with Crippen molar-refractivity contribution in [2.24, 2.45) is 7.05 Å². The molecule has 32 heavy (non-hydrogen) atoms. The van der Waals surface area contributed by atoms with Crippen molar-refractivity contribution in [3.63, 3.8) is 0 Å². The van der Waals surface area contributed by atoms with Crippen LogP contribution in [0.25, 0.3) is 11.2 Å². The molecule has 2 aromatic heterocycles. The Kier molecular flexibility index (Phi) is 6.09. The molecule has 0 saturated carbocycles. The molecule has 0 unspecified atom stereocenters. The first kappa shape index (κ1) is 21.4. The molecule has 0 saturated heterocycles. The molecule has 0 spiro atoms. The number of para-hydroxylation sites is 1. The van der Waals surface area contributed by atoms with Crippen LogP contribution in [0.4, 0.5) is 5.95 Å². The van der Waals surface area contributed by atoms with Gasteiger partial charge in [0, 0.05) is 20.6 Å². The van der Waals surface area contributed by atoms with Gasteiger partial charge in [-0.2, -0.15) is 4.98 Å². The predicted octanol–water partition coefficient (Wildman–Crippen LogP) is 1.50. The third-order valence-electron chi connectivity index (χ3n) is 5.17. The highest BCUT2D eigenvalue weighted by molar-refractivity contribution is 5.74. The molecule has 2 heterocycles. The number of hydrogen-bond acceptors (Lipinski definition) is 6. The molecule has 4 rings (SSSR count). The zero-order valence-electron chi connectivity index (χ0n) is 17.9. The molecule has 0 fully saturated rings. The molecule has 2 aromatic carbocycles. The number of nitrogens with one attached hydrogen (secondary N) is 1. The van der Waals surface area contributed by atoms with Gasteiger partial charge in [-0.25, -0.2) is 4.79 Å². The number of aliphatic hydroxyl groups is 1. The zero-order chi connectivity index (χ0) is 22.7. The number of aromatic amines is 1. The molecular weight excluding hydrogens is 410 g/mol. The summed E-state index contributed by atoms with van der Waals surface area (Å²) in [5.41, 5.74) is 0.443. The Labute approximate surface area is 184 Å². The lowest BCUT2D eigenvalue weighted by atomic mass is 10.2. The number of benzene rings is 2. The van der Waals surface area contributed by atoms with Crippen molar-refractivity contribution in [3.8, 4) is 5.75 Å². The van der Waals surface area contributed by atoms with Gasteiger partial charge in [-0.3, -0.25) is 14.3 Å². The first-order valence-electron chi connectivity index (χ1n) is 10.2. The van der Waals surface area contributed by atoms with E-state index in [0.29, 0.717) is 18.2 Å². The average molecular weight is 435 g/mol. The molecule has 4 aromatic rings. The SMILES string of the molecule is CN(Cc1ccccc1)c1nc2c(c(=O)[nH]c(=O)n2C)n1C[C@H](O)COc1ccccc1. The molecule has 0 aliphatic rings. The maximum absolute atomic E-state index is 12.7. The maximum atomic E-state index is 12.7. The quantitative estimate of drug-likeness (QED) is 0.435. The van der Waals surface area contributed by atoms with Crippen LogP contribution in [0.3, 0.4) is 0 Å². The van der Waals surface area contributed by atoms with E-state index in [4.69, 9.17) is 4.74 Å². The van der Waals surface area contributed by atoms with Gasteiger partial charge in [-0.15, -0.1) is 0 Å². The topological polar surface area (TPSA) is 105 Å². The molecule has 9 heteroatoms. The smallest absolute Gasteiger partial charge is 0.329 e. The number of aliphatic hydroxyl groups excluding tert-OH is 1. The summed E-state index contributed by atoms with van der Waals surface area (Å²) in [5.74, 6) is 1.11. The van der Waals surface area contributed by atoms with Crippen LogP contribution in [-0.2, 0) is 20.1 Å². The van der Waals surface area contributed by atoms with Crippen molar-refractivity contribution in [1.29, 1.82) is 0 Å². The van der Waals surface area contributed by atoms with Crippen LogP contribution < -0.4 is 20.9 Å². The number of nitrogens with zero attached hydrogens (tertiary/aromatic N) is 4. The van der Waals surface area contributed by atoms with Crippen molar-refractivity contribution in [3.05, 3.63) is 87.1 Å². The first-order chi connectivity index (χ1) is 15.4. The van der Waals surface area contributed by atoms with Crippen LogP contribution in [0.5, 0.6) is 5.75 Å². The molecular formula is C23H25N5O4. The minimum atomic E-state index is -0.909. The maximum Gasteiger partial charge on any atom is 0.329 e. The summed E-state index contributed by atoms with van der Waals surface area (Å²) in [7, 11) is 3.40. The van der Waals surface area contributed by atoms with E-state index < -0.39 is 17.4 Å².